The van der Waals surface area contributed by atoms with Crippen molar-refractivity contribution in [3.05, 3.63) is 17.5 Å². The van der Waals surface area contributed by atoms with E-state index in [1.807, 2.05) is 0 Å². The average molecular weight is 393 g/mol. The van der Waals surface area contributed by atoms with Crippen molar-refractivity contribution in [3.8, 4) is 0 Å². The molecule has 0 amide bonds. The zero-order chi connectivity index (χ0) is 20.1. The van der Waals surface area contributed by atoms with Crippen LogP contribution in [0.5, 0.6) is 0 Å². The number of morpholine rings is 1. The molecule has 28 heavy (non-hydrogen) atoms. The smallest absolute Gasteiger partial charge is 0.358 e. The van der Waals surface area contributed by atoms with Crippen LogP contribution in [0.2, 0.25) is 0 Å². The summed E-state index contributed by atoms with van der Waals surface area (Å²) in [6.07, 6.45) is 6.50. The number of hydrogen-bond donors (Lipinski definition) is 0. The number of carbonyl (C=O) groups excluding carboxylic acids is 2. The Bertz CT molecular complexity index is 685. The Labute approximate surface area is 166 Å². The zero-order valence-electron chi connectivity index (χ0n) is 17.1. The molecule has 2 fully saturated rings. The summed E-state index contributed by atoms with van der Waals surface area (Å²) in [7, 11) is 2.61. The van der Waals surface area contributed by atoms with E-state index in [0.717, 1.165) is 26.1 Å². The first kappa shape index (κ1) is 20.8. The maximum atomic E-state index is 12.1. The fraction of sp³-hybridized carbons (Fsp3) is 0.750. The second-order valence-corrected chi connectivity index (χ2v) is 7.66. The summed E-state index contributed by atoms with van der Waals surface area (Å²) < 4.78 is 17.4. The van der Waals surface area contributed by atoms with Gasteiger partial charge in [0.05, 0.1) is 33.0 Å². The van der Waals surface area contributed by atoms with Crippen molar-refractivity contribution in [2.45, 2.75) is 57.8 Å². The quantitative estimate of drug-likeness (QED) is 0.594. The molecule has 1 aliphatic carbocycles. The van der Waals surface area contributed by atoms with Gasteiger partial charge in [-0.2, -0.15) is 5.10 Å². The normalized spacial score (nSPS) is 22.8. The molecular formula is C20H31N3O5. The Morgan fingerprint density at radius 2 is 1.93 bits per heavy atom. The molecule has 0 N–H and O–H groups in total. The van der Waals surface area contributed by atoms with Gasteiger partial charge in [-0.25, -0.2) is 9.59 Å². The Morgan fingerprint density at radius 1 is 1.18 bits per heavy atom. The number of ether oxygens (including phenoxy) is 3. The van der Waals surface area contributed by atoms with Crippen LogP contribution < -0.4 is 0 Å². The summed E-state index contributed by atoms with van der Waals surface area (Å²) in [6, 6.07) is 1.42. The van der Waals surface area contributed by atoms with Crippen molar-refractivity contribution in [3.63, 3.8) is 0 Å². The molecule has 3 rings (SSSR count). The fourth-order valence-electron chi connectivity index (χ4n) is 3.75. The molecule has 1 aromatic rings. The van der Waals surface area contributed by atoms with Gasteiger partial charge >= 0.3 is 11.9 Å². The van der Waals surface area contributed by atoms with Gasteiger partial charge in [0.1, 0.15) is 5.69 Å². The Morgan fingerprint density at radius 3 is 2.57 bits per heavy atom. The lowest BCUT2D eigenvalue weighted by atomic mass is 10.1. The first-order valence-electron chi connectivity index (χ1n) is 10.2. The molecule has 0 bridgehead atoms. The lowest BCUT2D eigenvalue weighted by Gasteiger charge is -2.38. The summed E-state index contributed by atoms with van der Waals surface area (Å²) in [5.41, 5.74) is 0.374. The SMILES string of the molecule is CCCC[C@@H]1CN(CCn2nc(C(=O)OC)cc2C(=O)OC)C[C@H](C2CC2)O1. The number of hydrogen-bond acceptors (Lipinski definition) is 7. The Balaban J connectivity index is 1.66. The summed E-state index contributed by atoms with van der Waals surface area (Å²) in [4.78, 5) is 26.2. The topological polar surface area (TPSA) is 82.9 Å². The van der Waals surface area contributed by atoms with Gasteiger partial charge in [-0.1, -0.05) is 19.8 Å². The van der Waals surface area contributed by atoms with E-state index < -0.39 is 11.9 Å². The number of rotatable bonds is 9. The molecule has 1 aromatic heterocycles. The molecule has 8 heteroatoms. The summed E-state index contributed by atoms with van der Waals surface area (Å²) in [5, 5.41) is 4.25. The van der Waals surface area contributed by atoms with E-state index in [9.17, 15) is 9.59 Å². The number of unbranched alkanes of at least 4 members (excludes halogenated alkanes) is 1. The van der Waals surface area contributed by atoms with Gasteiger partial charge in [-0.15, -0.1) is 0 Å². The van der Waals surface area contributed by atoms with Crippen LogP contribution in [0, 0.1) is 5.92 Å². The number of esters is 2. The lowest BCUT2D eigenvalue weighted by molar-refractivity contribution is -0.0977. The minimum Gasteiger partial charge on any atom is -0.464 e. The summed E-state index contributed by atoms with van der Waals surface area (Å²) in [5.74, 6) is -0.391. The molecule has 1 aliphatic heterocycles. The summed E-state index contributed by atoms with van der Waals surface area (Å²) >= 11 is 0. The highest BCUT2D eigenvalue weighted by Gasteiger charge is 2.38. The van der Waals surface area contributed by atoms with Gasteiger partial charge in [0.15, 0.2) is 5.69 Å². The molecule has 8 nitrogen and oxygen atoms in total. The van der Waals surface area contributed by atoms with E-state index in [1.165, 1.54) is 46.0 Å². The summed E-state index contributed by atoms with van der Waals surface area (Å²) in [6.45, 7) is 5.23. The van der Waals surface area contributed by atoms with Gasteiger partial charge in [-0.05, 0) is 25.2 Å². The van der Waals surface area contributed by atoms with Crippen LogP contribution in [-0.4, -0.2) is 72.7 Å². The van der Waals surface area contributed by atoms with Crippen molar-refractivity contribution in [1.29, 1.82) is 0 Å². The van der Waals surface area contributed by atoms with Crippen molar-refractivity contribution < 1.29 is 23.8 Å². The van der Waals surface area contributed by atoms with E-state index in [4.69, 9.17) is 14.2 Å². The van der Waals surface area contributed by atoms with Crippen LogP contribution >= 0.6 is 0 Å². The van der Waals surface area contributed by atoms with Crippen molar-refractivity contribution >= 4 is 11.9 Å². The van der Waals surface area contributed by atoms with Crippen LogP contribution in [0.15, 0.2) is 6.07 Å². The first-order chi connectivity index (χ1) is 13.5. The molecule has 1 saturated carbocycles. The first-order valence-corrected chi connectivity index (χ1v) is 10.2. The standard InChI is InChI=1S/C20H31N3O5/c1-4-5-6-15-12-22(13-18(28-15)14-7-8-14)9-10-23-17(20(25)27-3)11-16(21-23)19(24)26-2/h11,14-15,18H,4-10,12-13H2,1-3H3/t15-,18-/m1/s1. The van der Waals surface area contributed by atoms with Crippen molar-refractivity contribution in [1.82, 2.24) is 14.7 Å². The van der Waals surface area contributed by atoms with Gasteiger partial charge < -0.3 is 14.2 Å². The molecule has 0 unspecified atom stereocenters. The van der Waals surface area contributed by atoms with Crippen LogP contribution in [0.25, 0.3) is 0 Å². The molecule has 1 saturated heterocycles. The molecular weight excluding hydrogens is 362 g/mol. The van der Waals surface area contributed by atoms with Gasteiger partial charge in [-0.3, -0.25) is 9.58 Å². The minimum atomic E-state index is -0.566. The van der Waals surface area contributed by atoms with E-state index in [2.05, 4.69) is 16.9 Å². The van der Waals surface area contributed by atoms with Crippen LogP contribution in [0.1, 0.15) is 60.0 Å². The zero-order valence-corrected chi connectivity index (χ0v) is 17.1. The molecule has 156 valence electrons. The lowest BCUT2D eigenvalue weighted by Crippen LogP contribution is -2.49. The largest absolute Gasteiger partial charge is 0.464 e. The van der Waals surface area contributed by atoms with Crippen molar-refractivity contribution in [2.24, 2.45) is 5.92 Å². The van der Waals surface area contributed by atoms with E-state index in [-0.39, 0.29) is 17.5 Å². The van der Waals surface area contributed by atoms with E-state index in [0.29, 0.717) is 18.6 Å². The number of nitrogens with zero attached hydrogens (tertiary/aromatic N) is 3. The maximum absolute atomic E-state index is 12.1. The molecule has 2 aliphatic rings. The molecule has 0 aromatic carbocycles. The number of methoxy groups -OCH3 is 2. The monoisotopic (exact) mass is 393 g/mol. The maximum Gasteiger partial charge on any atom is 0.358 e. The predicted octanol–water partition coefficient (Wildman–Crippen LogP) is 2.13. The van der Waals surface area contributed by atoms with Crippen LogP contribution in [0.3, 0.4) is 0 Å². The molecule has 0 spiro atoms. The van der Waals surface area contributed by atoms with Gasteiger partial charge in [0.25, 0.3) is 0 Å². The third-order valence-corrected chi connectivity index (χ3v) is 5.49. The van der Waals surface area contributed by atoms with Crippen molar-refractivity contribution in [2.75, 3.05) is 33.9 Å². The highest BCUT2D eigenvalue weighted by Crippen LogP contribution is 2.37. The van der Waals surface area contributed by atoms with E-state index in [1.54, 1.807) is 4.68 Å². The third-order valence-electron chi connectivity index (χ3n) is 5.49. The minimum absolute atomic E-state index is 0.113. The third kappa shape index (κ3) is 5.11. The van der Waals surface area contributed by atoms with Gasteiger partial charge in [0, 0.05) is 25.7 Å². The fourth-order valence-corrected chi connectivity index (χ4v) is 3.75. The average Bonchev–Trinajstić information content (AvgIpc) is 3.48. The van der Waals surface area contributed by atoms with Crippen LogP contribution in [-0.2, 0) is 20.8 Å². The highest BCUT2D eigenvalue weighted by molar-refractivity contribution is 5.93. The van der Waals surface area contributed by atoms with Gasteiger partial charge in [0.2, 0.25) is 0 Å². The number of aromatic nitrogens is 2. The Kier molecular flexibility index (Phi) is 7.07. The molecule has 2 heterocycles. The molecule has 2 atom stereocenters. The van der Waals surface area contributed by atoms with E-state index >= 15 is 0 Å². The molecule has 0 radical (unpaired) electrons. The predicted molar refractivity (Wildman–Crippen MR) is 102 cm³/mol. The highest BCUT2D eigenvalue weighted by atomic mass is 16.5. The van der Waals surface area contributed by atoms with Crippen LogP contribution in [0.4, 0.5) is 0 Å². The second kappa shape index (κ2) is 9.52. The number of carbonyl (C=O) groups is 2. The second-order valence-electron chi connectivity index (χ2n) is 7.66. The Hall–Kier alpha value is -1.93.